The molecule has 7 heteroatoms. The van der Waals surface area contributed by atoms with Crippen LogP contribution in [0.2, 0.25) is 5.02 Å². The highest BCUT2D eigenvalue weighted by atomic mass is 35.5. The molecule has 1 aromatic heterocycles. The van der Waals surface area contributed by atoms with Crippen molar-refractivity contribution in [3.63, 3.8) is 0 Å². The van der Waals surface area contributed by atoms with Crippen LogP contribution in [0.5, 0.6) is 0 Å². The van der Waals surface area contributed by atoms with E-state index in [1.54, 1.807) is 23.4 Å². The Morgan fingerprint density at radius 1 is 1.43 bits per heavy atom. The molecule has 1 aromatic carbocycles. The zero-order valence-electron chi connectivity index (χ0n) is 12.8. The van der Waals surface area contributed by atoms with Crippen molar-refractivity contribution in [1.29, 1.82) is 0 Å². The van der Waals surface area contributed by atoms with Gasteiger partial charge in [-0.05, 0) is 25.5 Å². The lowest BCUT2D eigenvalue weighted by Crippen LogP contribution is -2.43. The van der Waals surface area contributed by atoms with Crippen LogP contribution in [-0.2, 0) is 4.79 Å². The van der Waals surface area contributed by atoms with Crippen molar-refractivity contribution in [2.24, 2.45) is 0 Å². The first kappa shape index (κ1) is 16.0. The summed E-state index contributed by atoms with van der Waals surface area (Å²) >= 11 is 7.60. The van der Waals surface area contributed by atoms with E-state index in [-0.39, 0.29) is 11.8 Å². The third-order valence-corrected chi connectivity index (χ3v) is 5.04. The molecule has 0 N–H and O–H groups in total. The molecule has 23 heavy (non-hydrogen) atoms. The molecule has 0 unspecified atom stereocenters. The van der Waals surface area contributed by atoms with Crippen molar-refractivity contribution >= 4 is 40.4 Å². The van der Waals surface area contributed by atoms with Crippen LogP contribution in [0, 0.1) is 6.92 Å². The average molecular weight is 350 g/mol. The first-order valence-electron chi connectivity index (χ1n) is 7.24. The summed E-state index contributed by atoms with van der Waals surface area (Å²) in [5.74, 6) is -0.338. The van der Waals surface area contributed by atoms with Gasteiger partial charge in [0.15, 0.2) is 0 Å². The van der Waals surface area contributed by atoms with E-state index in [0.717, 1.165) is 5.01 Å². The van der Waals surface area contributed by atoms with E-state index < -0.39 is 6.04 Å². The van der Waals surface area contributed by atoms with Crippen molar-refractivity contribution in [2.75, 3.05) is 18.5 Å². The fourth-order valence-corrected chi connectivity index (χ4v) is 3.54. The second-order valence-corrected chi connectivity index (χ2v) is 6.88. The van der Waals surface area contributed by atoms with Gasteiger partial charge in [-0.1, -0.05) is 23.7 Å². The number of halogens is 1. The fourth-order valence-electron chi connectivity index (χ4n) is 2.72. The second kappa shape index (κ2) is 6.29. The van der Waals surface area contributed by atoms with Crippen LogP contribution in [-0.4, -0.2) is 41.3 Å². The molecule has 120 valence electrons. The highest BCUT2D eigenvalue weighted by molar-refractivity contribution is 7.09. The number of likely N-dealkylation sites (N-methyl/N-ethyl adjacent to an activating group) is 1. The quantitative estimate of drug-likeness (QED) is 0.856. The Morgan fingerprint density at radius 3 is 2.83 bits per heavy atom. The van der Waals surface area contributed by atoms with E-state index in [4.69, 9.17) is 11.6 Å². The first-order chi connectivity index (χ1) is 11.0. The molecule has 0 radical (unpaired) electrons. The van der Waals surface area contributed by atoms with E-state index in [1.165, 1.54) is 16.2 Å². The standard InChI is InChI=1S/C16H16ClN3O2S/c1-10-18-12(9-23-10)15(21)19(2)14-7-8-20(16(14)22)13-6-4-3-5-11(13)17/h3-6,9,14H,7-8H2,1-2H3/t14-/m0/s1. The lowest BCUT2D eigenvalue weighted by molar-refractivity contribution is -0.120. The molecule has 5 nitrogen and oxygen atoms in total. The maximum Gasteiger partial charge on any atom is 0.273 e. The normalized spacial score (nSPS) is 17.6. The topological polar surface area (TPSA) is 53.5 Å². The van der Waals surface area contributed by atoms with Gasteiger partial charge in [0.25, 0.3) is 5.91 Å². The average Bonchev–Trinajstić information content (AvgIpc) is 3.13. The molecule has 2 aromatic rings. The lowest BCUT2D eigenvalue weighted by atomic mass is 10.2. The number of amides is 2. The van der Waals surface area contributed by atoms with E-state index in [0.29, 0.717) is 29.4 Å². The van der Waals surface area contributed by atoms with Gasteiger partial charge >= 0.3 is 0 Å². The third kappa shape index (κ3) is 2.96. The Morgan fingerprint density at radius 2 is 2.17 bits per heavy atom. The summed E-state index contributed by atoms with van der Waals surface area (Å²) in [4.78, 5) is 32.5. The van der Waals surface area contributed by atoms with Gasteiger partial charge in [0, 0.05) is 19.0 Å². The Kier molecular flexibility index (Phi) is 4.37. The molecule has 1 fully saturated rings. The Balaban J connectivity index is 1.79. The van der Waals surface area contributed by atoms with E-state index in [9.17, 15) is 9.59 Å². The van der Waals surface area contributed by atoms with Crippen LogP contribution in [0.3, 0.4) is 0 Å². The van der Waals surface area contributed by atoms with Crippen molar-refractivity contribution in [3.05, 3.63) is 45.4 Å². The number of hydrogen-bond acceptors (Lipinski definition) is 4. The SMILES string of the molecule is Cc1nc(C(=O)N(C)[C@H]2CCN(c3ccccc3Cl)C2=O)cs1. The number of benzene rings is 1. The fraction of sp³-hybridized carbons (Fsp3) is 0.312. The maximum atomic E-state index is 12.7. The van der Waals surface area contributed by atoms with Crippen LogP contribution < -0.4 is 4.90 Å². The Labute approximate surface area is 143 Å². The molecule has 2 amide bonds. The molecule has 1 atom stereocenters. The number of para-hydroxylation sites is 1. The van der Waals surface area contributed by atoms with Crippen LogP contribution >= 0.6 is 22.9 Å². The summed E-state index contributed by atoms with van der Waals surface area (Å²) in [5.41, 5.74) is 1.08. The molecule has 1 aliphatic rings. The summed E-state index contributed by atoms with van der Waals surface area (Å²) in [6.07, 6.45) is 0.579. The number of aryl methyl sites for hydroxylation is 1. The van der Waals surface area contributed by atoms with Gasteiger partial charge in [-0.15, -0.1) is 11.3 Å². The highest BCUT2D eigenvalue weighted by Crippen LogP contribution is 2.30. The number of aromatic nitrogens is 1. The van der Waals surface area contributed by atoms with E-state index >= 15 is 0 Å². The van der Waals surface area contributed by atoms with Crippen LogP contribution in [0.25, 0.3) is 0 Å². The van der Waals surface area contributed by atoms with Gasteiger partial charge in [-0.2, -0.15) is 0 Å². The van der Waals surface area contributed by atoms with Crippen molar-refractivity contribution in [1.82, 2.24) is 9.88 Å². The molecule has 3 rings (SSSR count). The van der Waals surface area contributed by atoms with Gasteiger partial charge in [0.05, 0.1) is 15.7 Å². The minimum Gasteiger partial charge on any atom is -0.328 e. The second-order valence-electron chi connectivity index (χ2n) is 5.41. The molecular weight excluding hydrogens is 334 g/mol. The zero-order chi connectivity index (χ0) is 16.6. The van der Waals surface area contributed by atoms with Gasteiger partial charge in [-0.25, -0.2) is 4.98 Å². The van der Waals surface area contributed by atoms with Gasteiger partial charge < -0.3 is 9.80 Å². The highest BCUT2D eigenvalue weighted by Gasteiger charge is 2.38. The summed E-state index contributed by atoms with van der Waals surface area (Å²) in [7, 11) is 1.65. The number of anilines is 1. The predicted molar refractivity (Wildman–Crippen MR) is 91.2 cm³/mol. The monoisotopic (exact) mass is 349 g/mol. The summed E-state index contributed by atoms with van der Waals surface area (Å²) < 4.78 is 0. The van der Waals surface area contributed by atoms with Gasteiger partial charge in [0.2, 0.25) is 5.91 Å². The molecule has 0 bridgehead atoms. The van der Waals surface area contributed by atoms with E-state index in [2.05, 4.69) is 4.98 Å². The van der Waals surface area contributed by atoms with Crippen LogP contribution in [0.1, 0.15) is 21.9 Å². The molecule has 1 aliphatic heterocycles. The minimum atomic E-state index is -0.485. The molecule has 0 spiro atoms. The summed E-state index contributed by atoms with van der Waals surface area (Å²) in [5, 5.41) is 3.09. The third-order valence-electron chi connectivity index (χ3n) is 3.95. The summed E-state index contributed by atoms with van der Waals surface area (Å²) in [6, 6.07) is 6.75. The smallest absolute Gasteiger partial charge is 0.273 e. The number of nitrogens with zero attached hydrogens (tertiary/aromatic N) is 3. The minimum absolute atomic E-state index is 0.110. The molecule has 0 aliphatic carbocycles. The van der Waals surface area contributed by atoms with Crippen molar-refractivity contribution < 1.29 is 9.59 Å². The molecule has 0 saturated carbocycles. The Bertz CT molecular complexity index is 761. The van der Waals surface area contributed by atoms with Gasteiger partial charge in [-0.3, -0.25) is 9.59 Å². The van der Waals surface area contributed by atoms with Gasteiger partial charge in [0.1, 0.15) is 11.7 Å². The molecular formula is C16H16ClN3O2S. The maximum absolute atomic E-state index is 12.7. The Hall–Kier alpha value is -1.92. The number of hydrogen-bond donors (Lipinski definition) is 0. The lowest BCUT2D eigenvalue weighted by Gasteiger charge is -2.23. The zero-order valence-corrected chi connectivity index (χ0v) is 14.4. The first-order valence-corrected chi connectivity index (χ1v) is 8.50. The molecule has 2 heterocycles. The summed E-state index contributed by atoms with van der Waals surface area (Å²) in [6.45, 7) is 2.39. The van der Waals surface area contributed by atoms with Crippen LogP contribution in [0.15, 0.2) is 29.6 Å². The largest absolute Gasteiger partial charge is 0.328 e. The van der Waals surface area contributed by atoms with Crippen molar-refractivity contribution in [2.45, 2.75) is 19.4 Å². The number of carbonyl (C=O) groups excluding carboxylic acids is 2. The number of carbonyl (C=O) groups is 2. The van der Waals surface area contributed by atoms with Crippen LogP contribution in [0.4, 0.5) is 5.69 Å². The number of rotatable bonds is 3. The van der Waals surface area contributed by atoms with E-state index in [1.807, 2.05) is 25.1 Å². The molecule has 1 saturated heterocycles. The predicted octanol–water partition coefficient (Wildman–Crippen LogP) is 2.98. The van der Waals surface area contributed by atoms with Crippen molar-refractivity contribution in [3.8, 4) is 0 Å². The number of thiazole rings is 1.